The van der Waals surface area contributed by atoms with Crippen LogP contribution in [-0.4, -0.2) is 60.1 Å². The molecule has 0 radical (unpaired) electrons. The molecule has 0 spiro atoms. The molecule has 4 atom stereocenters. The lowest BCUT2D eigenvalue weighted by molar-refractivity contribution is -0.123. The molecule has 198 valence electrons. The lowest BCUT2D eigenvalue weighted by Gasteiger charge is -2.24. The summed E-state index contributed by atoms with van der Waals surface area (Å²) >= 11 is 0. The molecule has 38 heavy (non-hydrogen) atoms. The minimum absolute atomic E-state index is 0.0176. The highest BCUT2D eigenvalue weighted by molar-refractivity contribution is 7.90. The molecule has 5 rings (SSSR count). The topological polar surface area (TPSA) is 97.2 Å². The highest BCUT2D eigenvalue weighted by Crippen LogP contribution is 2.59. The maximum atomic E-state index is 13.2. The van der Waals surface area contributed by atoms with E-state index in [1.54, 1.807) is 42.7 Å². The number of pyridine rings is 1. The number of nitrogens with one attached hydrogen (secondary N) is 1. The number of hydrogen-bond donors (Lipinski definition) is 1. The second-order valence-electron chi connectivity index (χ2n) is 10.5. The summed E-state index contributed by atoms with van der Waals surface area (Å²) in [5.74, 6) is 0.293. The van der Waals surface area contributed by atoms with Gasteiger partial charge >= 0.3 is 0 Å². The molecule has 0 aliphatic heterocycles. The van der Waals surface area contributed by atoms with Gasteiger partial charge in [-0.2, -0.15) is 17.6 Å². The van der Waals surface area contributed by atoms with Crippen LogP contribution in [0.3, 0.4) is 0 Å². The molecule has 1 fully saturated rings. The van der Waals surface area contributed by atoms with Gasteiger partial charge in [0.1, 0.15) is 5.52 Å². The van der Waals surface area contributed by atoms with Crippen molar-refractivity contribution in [3.05, 3.63) is 90.4 Å². The van der Waals surface area contributed by atoms with Crippen LogP contribution in [0.15, 0.2) is 84.0 Å². The van der Waals surface area contributed by atoms with Crippen molar-refractivity contribution in [2.24, 2.45) is 11.8 Å². The summed E-state index contributed by atoms with van der Waals surface area (Å²) in [4.78, 5) is 20.0. The van der Waals surface area contributed by atoms with Gasteiger partial charge in [-0.3, -0.25) is 9.78 Å². The minimum Gasteiger partial charge on any atom is -0.354 e. The summed E-state index contributed by atoms with van der Waals surface area (Å²) in [5.41, 5.74) is 2.28. The van der Waals surface area contributed by atoms with Crippen molar-refractivity contribution in [3.8, 4) is 0 Å². The smallest absolute Gasteiger partial charge is 0.283 e. The molecule has 1 saturated carbocycles. The molecule has 1 amide bonds. The van der Waals surface area contributed by atoms with Crippen LogP contribution in [0.2, 0.25) is 0 Å². The van der Waals surface area contributed by atoms with Crippen LogP contribution < -0.4 is 5.32 Å². The van der Waals surface area contributed by atoms with Gasteiger partial charge < -0.3 is 10.2 Å². The van der Waals surface area contributed by atoms with Gasteiger partial charge in [-0.15, -0.1) is 0 Å². The molecule has 2 aromatic heterocycles. The predicted molar refractivity (Wildman–Crippen MR) is 147 cm³/mol. The number of fused-ring (bicyclic) bond motifs is 1. The van der Waals surface area contributed by atoms with E-state index >= 15 is 0 Å². The molecule has 1 N–H and O–H groups in total. The normalized spacial score (nSPS) is 21.9. The third-order valence-corrected chi connectivity index (χ3v) is 9.71. The van der Waals surface area contributed by atoms with E-state index in [1.165, 1.54) is 5.56 Å². The molecule has 2 aromatic carbocycles. The first-order valence-corrected chi connectivity index (χ1v) is 14.2. The van der Waals surface area contributed by atoms with Gasteiger partial charge in [0.2, 0.25) is 5.91 Å². The van der Waals surface area contributed by atoms with E-state index in [0.29, 0.717) is 23.9 Å². The van der Waals surface area contributed by atoms with Gasteiger partial charge in [0.05, 0.1) is 23.2 Å². The van der Waals surface area contributed by atoms with Crippen molar-refractivity contribution in [1.29, 1.82) is 0 Å². The molecular weight excluding hydrogens is 498 g/mol. The number of aromatic nitrogens is 3. The van der Waals surface area contributed by atoms with Crippen molar-refractivity contribution in [1.82, 2.24) is 24.4 Å². The van der Waals surface area contributed by atoms with Crippen LogP contribution in [0.5, 0.6) is 0 Å². The molecule has 8 nitrogen and oxygen atoms in total. The third kappa shape index (κ3) is 4.61. The van der Waals surface area contributed by atoms with Crippen molar-refractivity contribution >= 4 is 26.8 Å². The average Bonchev–Trinajstić information content (AvgIpc) is 3.25. The fourth-order valence-electron chi connectivity index (χ4n) is 5.42. The van der Waals surface area contributed by atoms with E-state index in [-0.39, 0.29) is 34.1 Å². The fraction of sp³-hybridized carbons (Fsp3) is 0.345. The van der Waals surface area contributed by atoms with Crippen LogP contribution in [0.25, 0.3) is 10.9 Å². The minimum atomic E-state index is -3.82. The van der Waals surface area contributed by atoms with Crippen LogP contribution in [-0.2, 0) is 26.7 Å². The number of amides is 1. The maximum absolute atomic E-state index is 13.2. The second-order valence-corrected chi connectivity index (χ2v) is 12.3. The predicted octanol–water partition coefficient (Wildman–Crippen LogP) is 3.48. The van der Waals surface area contributed by atoms with Gasteiger partial charge in [-0.1, -0.05) is 62.4 Å². The zero-order valence-electron chi connectivity index (χ0n) is 22.1. The Morgan fingerprint density at radius 3 is 2.39 bits per heavy atom. The molecular formula is C29H33N5O3S. The number of hydrogen-bond acceptors (Lipinski definition) is 6. The molecule has 0 unspecified atom stereocenters. The first-order valence-electron chi connectivity index (χ1n) is 12.8. The summed E-state index contributed by atoms with van der Waals surface area (Å²) in [6.45, 7) is 4.79. The molecule has 4 aromatic rings. The summed E-state index contributed by atoms with van der Waals surface area (Å²) in [5, 5.41) is 8.02. The quantitative estimate of drug-likeness (QED) is 0.355. The molecule has 9 heteroatoms. The zero-order valence-corrected chi connectivity index (χ0v) is 22.9. The van der Waals surface area contributed by atoms with Crippen molar-refractivity contribution in [2.45, 2.75) is 36.6 Å². The molecule has 2 heterocycles. The van der Waals surface area contributed by atoms with Gasteiger partial charge in [0.15, 0.2) is 0 Å². The van der Waals surface area contributed by atoms with Crippen LogP contribution in [0.4, 0.5) is 0 Å². The van der Waals surface area contributed by atoms with Gasteiger partial charge in [-0.05, 0) is 43.8 Å². The van der Waals surface area contributed by atoms with Gasteiger partial charge in [0.25, 0.3) is 10.0 Å². The number of nitrogens with zero attached hydrogens (tertiary/aromatic N) is 4. The summed E-state index contributed by atoms with van der Waals surface area (Å²) in [6.07, 6.45) is 3.70. The number of carbonyl (C=O) groups is 1. The fourth-order valence-corrected chi connectivity index (χ4v) is 6.70. The van der Waals surface area contributed by atoms with Crippen molar-refractivity contribution < 1.29 is 13.2 Å². The Morgan fingerprint density at radius 2 is 1.74 bits per heavy atom. The van der Waals surface area contributed by atoms with Crippen LogP contribution >= 0.6 is 0 Å². The highest BCUT2D eigenvalue weighted by atomic mass is 32.2. The molecule has 1 aliphatic rings. The monoisotopic (exact) mass is 531 g/mol. The average molecular weight is 532 g/mol. The Morgan fingerprint density at radius 1 is 1.08 bits per heavy atom. The highest BCUT2D eigenvalue weighted by Gasteiger charge is 2.62. The van der Waals surface area contributed by atoms with E-state index in [9.17, 15) is 13.2 Å². The number of benzene rings is 2. The molecule has 0 bridgehead atoms. The Labute approximate surface area is 223 Å². The molecule has 0 saturated heterocycles. The lowest BCUT2D eigenvalue weighted by Crippen LogP contribution is -2.42. The van der Waals surface area contributed by atoms with Crippen molar-refractivity contribution in [2.75, 3.05) is 20.6 Å². The Bertz CT molecular complexity index is 1550. The van der Waals surface area contributed by atoms with Gasteiger partial charge in [0, 0.05) is 35.5 Å². The Balaban J connectivity index is 1.28. The zero-order chi connectivity index (χ0) is 27.1. The maximum Gasteiger partial charge on any atom is 0.283 e. The Kier molecular flexibility index (Phi) is 6.83. The van der Waals surface area contributed by atoms with Crippen molar-refractivity contribution in [3.63, 3.8) is 0 Å². The molecule has 1 aliphatic carbocycles. The van der Waals surface area contributed by atoms with E-state index in [2.05, 4.69) is 46.3 Å². The van der Waals surface area contributed by atoms with E-state index in [4.69, 9.17) is 0 Å². The number of rotatable bonds is 9. The van der Waals surface area contributed by atoms with E-state index in [0.717, 1.165) is 9.78 Å². The first-order chi connectivity index (χ1) is 18.1. The third-order valence-electron chi connectivity index (χ3n) is 8.10. The number of carbonyl (C=O) groups excluding carboxylic acids is 1. The van der Waals surface area contributed by atoms with Crippen LogP contribution in [0, 0.1) is 11.8 Å². The largest absolute Gasteiger partial charge is 0.354 e. The number of likely N-dealkylation sites (N-methyl/N-ethyl adjacent to an activating group) is 1. The van der Waals surface area contributed by atoms with Gasteiger partial charge in [-0.25, -0.2) is 0 Å². The van der Waals surface area contributed by atoms with E-state index < -0.39 is 10.0 Å². The summed E-state index contributed by atoms with van der Waals surface area (Å²) in [6, 6.07) is 20.3. The van der Waals surface area contributed by atoms with E-state index in [1.807, 2.05) is 38.4 Å². The summed E-state index contributed by atoms with van der Waals surface area (Å²) in [7, 11) is 0.143. The Hall–Kier alpha value is -3.56. The second kappa shape index (κ2) is 9.96. The van der Waals surface area contributed by atoms with Crippen LogP contribution in [0.1, 0.15) is 25.1 Å². The standard InChI is InChI=1S/C29H33N5O3S/c1-20-27(29(20,2)22-11-7-5-8-12-22)28(35)31-18-24(33(3)4)16-23-15-21-17-32-34(26(21)19-30-23)38(36,37)25-13-9-6-10-14-25/h5-15,17,19-20,24,27H,16,18H2,1-4H3,(H,31,35)/t20-,24-,27-,29-/m0/s1. The first kappa shape index (κ1) is 26.1. The SMILES string of the molecule is C[C@H]1[C@@H](C(=O)NC[C@H](Cc2cc3cnn(S(=O)(=O)c4ccccc4)c3cn2)N(C)C)[C@]1(C)c1ccccc1. The lowest BCUT2D eigenvalue weighted by atomic mass is 9.94. The summed E-state index contributed by atoms with van der Waals surface area (Å²) < 4.78 is 27.1.